The van der Waals surface area contributed by atoms with E-state index in [2.05, 4.69) is 5.32 Å². The number of nitrogens with zero attached hydrogens (tertiary/aromatic N) is 1. The van der Waals surface area contributed by atoms with Crippen LogP contribution in [0.15, 0.2) is 23.9 Å². The molecule has 1 aromatic rings. The number of nitrogens with one attached hydrogen (secondary N) is 1. The maximum Gasteiger partial charge on any atom is 0.328 e. The van der Waals surface area contributed by atoms with Gasteiger partial charge in [-0.3, -0.25) is 9.69 Å². The van der Waals surface area contributed by atoms with E-state index in [1.54, 1.807) is 18.2 Å². The van der Waals surface area contributed by atoms with Crippen LogP contribution < -0.4 is 5.32 Å². The van der Waals surface area contributed by atoms with Crippen molar-refractivity contribution in [2.75, 3.05) is 7.05 Å². The minimum absolute atomic E-state index is 0.160. The fourth-order valence-electron chi connectivity index (χ4n) is 1.42. The molecule has 88 valence electrons. The van der Waals surface area contributed by atoms with E-state index in [0.29, 0.717) is 15.6 Å². The number of hydrogen-bond donors (Lipinski definition) is 1. The molecule has 1 aromatic carbocycles. The summed E-state index contributed by atoms with van der Waals surface area (Å²) >= 11 is 11.9. The second-order valence-corrected chi connectivity index (χ2v) is 4.30. The van der Waals surface area contributed by atoms with Gasteiger partial charge in [-0.05, 0) is 18.2 Å². The third-order valence-electron chi connectivity index (χ3n) is 2.37. The first kappa shape index (κ1) is 12.0. The summed E-state index contributed by atoms with van der Waals surface area (Å²) in [4.78, 5) is 23.9. The maximum atomic E-state index is 11.6. The molecular weight excluding hydrogens is 263 g/mol. The molecule has 1 saturated heterocycles. The molecular formula is C11H8Cl2N2O2. The van der Waals surface area contributed by atoms with Crippen molar-refractivity contribution in [1.82, 2.24) is 10.2 Å². The number of carbonyl (C=O) groups excluding carboxylic acids is 2. The highest BCUT2D eigenvalue weighted by Gasteiger charge is 2.30. The fourth-order valence-corrected chi connectivity index (χ4v) is 1.92. The summed E-state index contributed by atoms with van der Waals surface area (Å²) in [5.74, 6) is -0.411. The zero-order chi connectivity index (χ0) is 12.6. The molecule has 0 atom stereocenters. The molecule has 1 heterocycles. The number of rotatable bonds is 1. The lowest BCUT2D eigenvalue weighted by Gasteiger charge is -2.02. The predicted molar refractivity (Wildman–Crippen MR) is 65.7 cm³/mol. The first-order valence-electron chi connectivity index (χ1n) is 4.75. The predicted octanol–water partition coefficient (Wildman–Crippen LogP) is 2.52. The average molecular weight is 271 g/mol. The van der Waals surface area contributed by atoms with Gasteiger partial charge in [0.25, 0.3) is 5.91 Å². The monoisotopic (exact) mass is 270 g/mol. The van der Waals surface area contributed by atoms with Crippen molar-refractivity contribution < 1.29 is 9.59 Å². The summed E-state index contributed by atoms with van der Waals surface area (Å²) in [5.41, 5.74) is 0.669. The number of benzene rings is 1. The summed E-state index contributed by atoms with van der Waals surface area (Å²) in [7, 11) is 1.40. The number of halogens is 2. The zero-order valence-corrected chi connectivity index (χ0v) is 10.3. The molecule has 0 radical (unpaired) electrons. The standard InChI is InChI=1S/C11H8Cl2N2O2/c1-15-10(16)9(14-11(15)17)5-6-7(12)3-2-4-8(6)13/h2-5H,1H3,(H,14,17)/b9-5-. The summed E-state index contributed by atoms with van der Waals surface area (Å²) in [5, 5.41) is 3.27. The topological polar surface area (TPSA) is 49.4 Å². The molecule has 0 aliphatic carbocycles. The van der Waals surface area contributed by atoms with E-state index in [-0.39, 0.29) is 5.70 Å². The summed E-state index contributed by atoms with van der Waals surface area (Å²) in [6, 6.07) is 4.55. The van der Waals surface area contributed by atoms with Crippen LogP contribution in [0.1, 0.15) is 5.56 Å². The average Bonchev–Trinajstić information content (AvgIpc) is 2.52. The number of likely N-dealkylation sites (N-methyl/N-ethyl adjacent to an activating group) is 1. The van der Waals surface area contributed by atoms with E-state index in [0.717, 1.165) is 4.90 Å². The van der Waals surface area contributed by atoms with Gasteiger partial charge in [0.1, 0.15) is 5.70 Å². The van der Waals surface area contributed by atoms with Crippen LogP contribution in [-0.2, 0) is 4.79 Å². The third kappa shape index (κ3) is 2.14. The van der Waals surface area contributed by atoms with Gasteiger partial charge in [-0.25, -0.2) is 4.79 Å². The van der Waals surface area contributed by atoms with E-state index in [9.17, 15) is 9.59 Å². The molecule has 2 rings (SSSR count). The molecule has 1 fully saturated rings. The summed E-state index contributed by atoms with van der Waals surface area (Å²) < 4.78 is 0. The maximum absolute atomic E-state index is 11.6. The van der Waals surface area contributed by atoms with E-state index in [4.69, 9.17) is 23.2 Å². The van der Waals surface area contributed by atoms with Crippen molar-refractivity contribution in [2.24, 2.45) is 0 Å². The van der Waals surface area contributed by atoms with E-state index < -0.39 is 11.9 Å². The summed E-state index contributed by atoms with van der Waals surface area (Å²) in [6.45, 7) is 0. The normalized spacial score (nSPS) is 17.8. The highest BCUT2D eigenvalue weighted by molar-refractivity contribution is 6.37. The van der Waals surface area contributed by atoms with Crippen LogP contribution in [-0.4, -0.2) is 23.9 Å². The Kier molecular flexibility index (Phi) is 3.09. The Morgan fingerprint density at radius 3 is 2.29 bits per heavy atom. The molecule has 0 bridgehead atoms. The minimum Gasteiger partial charge on any atom is -0.303 e. The lowest BCUT2D eigenvalue weighted by atomic mass is 10.2. The highest BCUT2D eigenvalue weighted by Crippen LogP contribution is 2.27. The van der Waals surface area contributed by atoms with Crippen molar-refractivity contribution in [3.8, 4) is 0 Å². The van der Waals surface area contributed by atoms with Crippen LogP contribution in [0.4, 0.5) is 4.79 Å². The van der Waals surface area contributed by atoms with E-state index >= 15 is 0 Å². The molecule has 17 heavy (non-hydrogen) atoms. The first-order valence-corrected chi connectivity index (χ1v) is 5.51. The highest BCUT2D eigenvalue weighted by atomic mass is 35.5. The molecule has 6 heteroatoms. The van der Waals surface area contributed by atoms with Crippen molar-refractivity contribution in [3.05, 3.63) is 39.5 Å². The van der Waals surface area contributed by atoms with Crippen LogP contribution in [0.3, 0.4) is 0 Å². The lowest BCUT2D eigenvalue weighted by Crippen LogP contribution is -2.25. The van der Waals surface area contributed by atoms with Crippen LogP contribution >= 0.6 is 23.2 Å². The largest absolute Gasteiger partial charge is 0.328 e. The Bertz CT molecular complexity index is 520. The van der Waals surface area contributed by atoms with E-state index in [1.807, 2.05) is 0 Å². The molecule has 1 aliphatic rings. The van der Waals surface area contributed by atoms with Gasteiger partial charge in [0.2, 0.25) is 0 Å². The van der Waals surface area contributed by atoms with Gasteiger partial charge in [-0.15, -0.1) is 0 Å². The van der Waals surface area contributed by atoms with Gasteiger partial charge in [0.15, 0.2) is 0 Å². The van der Waals surface area contributed by atoms with Crippen molar-refractivity contribution >= 4 is 41.2 Å². The van der Waals surface area contributed by atoms with Gasteiger partial charge >= 0.3 is 6.03 Å². The van der Waals surface area contributed by atoms with Crippen LogP contribution in [0.5, 0.6) is 0 Å². The second-order valence-electron chi connectivity index (χ2n) is 3.49. The van der Waals surface area contributed by atoms with Gasteiger partial charge in [0.05, 0.1) is 0 Å². The lowest BCUT2D eigenvalue weighted by molar-refractivity contribution is -0.121. The first-order chi connectivity index (χ1) is 8.00. The molecule has 0 saturated carbocycles. The van der Waals surface area contributed by atoms with Crippen molar-refractivity contribution in [2.45, 2.75) is 0 Å². The number of hydrogen-bond acceptors (Lipinski definition) is 2. The smallest absolute Gasteiger partial charge is 0.303 e. The second kappa shape index (κ2) is 4.39. The molecule has 0 spiro atoms. The summed E-state index contributed by atoms with van der Waals surface area (Å²) in [6.07, 6.45) is 1.47. The Morgan fingerprint density at radius 1 is 1.24 bits per heavy atom. The Balaban J connectivity index is 2.44. The van der Waals surface area contributed by atoms with Gasteiger partial charge in [0, 0.05) is 22.7 Å². The molecule has 0 aromatic heterocycles. The molecule has 4 nitrogen and oxygen atoms in total. The molecule has 1 N–H and O–H groups in total. The molecule has 0 unspecified atom stereocenters. The minimum atomic E-state index is -0.468. The van der Waals surface area contributed by atoms with Crippen LogP contribution in [0.25, 0.3) is 6.08 Å². The number of imide groups is 1. The van der Waals surface area contributed by atoms with Crippen LogP contribution in [0, 0.1) is 0 Å². The Labute approximate surface area is 108 Å². The Morgan fingerprint density at radius 2 is 1.82 bits per heavy atom. The number of carbonyl (C=O) groups is 2. The SMILES string of the molecule is CN1C(=O)N/C(=C\c2c(Cl)cccc2Cl)C1=O. The third-order valence-corrected chi connectivity index (χ3v) is 3.03. The van der Waals surface area contributed by atoms with E-state index in [1.165, 1.54) is 13.1 Å². The number of amides is 3. The van der Waals surface area contributed by atoms with Gasteiger partial charge < -0.3 is 5.32 Å². The van der Waals surface area contributed by atoms with Crippen LogP contribution in [0.2, 0.25) is 10.0 Å². The molecule has 3 amide bonds. The number of urea groups is 1. The zero-order valence-electron chi connectivity index (χ0n) is 8.83. The molecule has 1 aliphatic heterocycles. The Hall–Kier alpha value is -1.52. The quantitative estimate of drug-likeness (QED) is 0.630. The van der Waals surface area contributed by atoms with Gasteiger partial charge in [-0.2, -0.15) is 0 Å². The van der Waals surface area contributed by atoms with Crippen molar-refractivity contribution in [3.63, 3.8) is 0 Å². The van der Waals surface area contributed by atoms with Crippen molar-refractivity contribution in [1.29, 1.82) is 0 Å². The van der Waals surface area contributed by atoms with Gasteiger partial charge in [-0.1, -0.05) is 29.3 Å². The fraction of sp³-hybridized carbons (Fsp3) is 0.0909.